The van der Waals surface area contributed by atoms with E-state index in [-0.39, 0.29) is 24.5 Å². The molecule has 0 saturated carbocycles. The summed E-state index contributed by atoms with van der Waals surface area (Å²) in [5.74, 6) is -1.55. The Balaban J connectivity index is 1.64. The first kappa shape index (κ1) is 42.5. The van der Waals surface area contributed by atoms with Crippen molar-refractivity contribution in [1.82, 2.24) is 20.9 Å². The molecule has 3 unspecified atom stereocenters. The molecule has 1 aliphatic rings. The van der Waals surface area contributed by atoms with Crippen LogP contribution in [0.2, 0.25) is 0 Å². The lowest BCUT2D eigenvalue weighted by Gasteiger charge is -2.29. The monoisotopic (exact) mass is 734 g/mol. The van der Waals surface area contributed by atoms with Crippen molar-refractivity contribution in [2.75, 3.05) is 20.2 Å². The molecular weight excluding hydrogens is 676 g/mol. The highest BCUT2D eigenvalue weighted by molar-refractivity contribution is 5.92. The SMILES string of the molecule is COC(=O)C(CCCCNC(=O)OCc1ccccc1)NC(=O)[C@@H]1CCCN1C(=O)C(/C=C/C(CC(C)C)NC(=O)OC(C)(C)C)Cc1ccccc1. The van der Waals surface area contributed by atoms with Gasteiger partial charge in [0.15, 0.2) is 0 Å². The van der Waals surface area contributed by atoms with Gasteiger partial charge in [0.1, 0.15) is 24.3 Å². The minimum Gasteiger partial charge on any atom is -0.467 e. The fraction of sp³-hybridized carbons (Fsp3) is 0.537. The third kappa shape index (κ3) is 15.7. The number of rotatable bonds is 18. The van der Waals surface area contributed by atoms with E-state index in [0.29, 0.717) is 58.0 Å². The number of ether oxygens (including phenoxy) is 3. The maximum Gasteiger partial charge on any atom is 0.408 e. The van der Waals surface area contributed by atoms with Gasteiger partial charge in [-0.25, -0.2) is 14.4 Å². The molecule has 3 rings (SSSR count). The van der Waals surface area contributed by atoms with Gasteiger partial charge in [-0.05, 0) is 82.8 Å². The molecule has 53 heavy (non-hydrogen) atoms. The Morgan fingerprint density at radius 2 is 1.55 bits per heavy atom. The van der Waals surface area contributed by atoms with Gasteiger partial charge in [0, 0.05) is 13.1 Å². The second kappa shape index (κ2) is 21.6. The molecule has 1 saturated heterocycles. The quantitative estimate of drug-likeness (QED) is 0.0721. The Bertz CT molecular complexity index is 1490. The molecule has 1 fully saturated rings. The largest absolute Gasteiger partial charge is 0.467 e. The van der Waals surface area contributed by atoms with Crippen LogP contribution in [0.3, 0.4) is 0 Å². The number of carbonyl (C=O) groups excluding carboxylic acids is 5. The number of alkyl carbamates (subject to hydrolysis) is 2. The second-order valence-corrected chi connectivity index (χ2v) is 14.8. The molecule has 12 nitrogen and oxygen atoms in total. The van der Waals surface area contributed by atoms with Gasteiger partial charge in [0.05, 0.1) is 19.1 Å². The summed E-state index contributed by atoms with van der Waals surface area (Å²) in [6.45, 7) is 10.4. The maximum atomic E-state index is 14.3. The smallest absolute Gasteiger partial charge is 0.408 e. The fourth-order valence-corrected chi connectivity index (χ4v) is 6.14. The van der Waals surface area contributed by atoms with Gasteiger partial charge < -0.3 is 35.1 Å². The molecule has 0 radical (unpaired) electrons. The molecule has 1 aliphatic heterocycles. The molecule has 4 atom stereocenters. The lowest BCUT2D eigenvalue weighted by molar-refractivity contribution is -0.146. The highest BCUT2D eigenvalue weighted by Crippen LogP contribution is 2.24. The molecule has 290 valence electrons. The molecular formula is C41H58N4O8. The molecule has 0 aliphatic carbocycles. The Morgan fingerprint density at radius 3 is 2.17 bits per heavy atom. The molecule has 0 bridgehead atoms. The van der Waals surface area contributed by atoms with Gasteiger partial charge in [-0.15, -0.1) is 0 Å². The average molecular weight is 735 g/mol. The van der Waals surface area contributed by atoms with Crippen molar-refractivity contribution >= 4 is 30.0 Å². The molecule has 0 aromatic heterocycles. The summed E-state index contributed by atoms with van der Waals surface area (Å²) in [7, 11) is 1.27. The third-order valence-corrected chi connectivity index (χ3v) is 8.66. The topological polar surface area (TPSA) is 152 Å². The van der Waals surface area contributed by atoms with Crippen LogP contribution >= 0.6 is 0 Å². The molecule has 1 heterocycles. The van der Waals surface area contributed by atoms with Crippen LogP contribution in [0.25, 0.3) is 0 Å². The standard InChI is InChI=1S/C41H58N4O8/c1-29(2)26-33(43-40(50)53-41(3,4)5)23-22-32(27-30-16-9-7-10-17-30)37(47)45-25-15-21-35(45)36(46)44-34(38(48)51-6)20-13-14-24-42-39(49)52-28-31-18-11-8-12-19-31/h7-12,16-19,22-23,29,32-35H,13-15,20-21,24-28H2,1-6H3,(H,42,49)(H,43,50)(H,44,46)/b23-22+/t32?,33?,34?,35-/m0/s1. The number of likely N-dealkylation sites (tertiary alicyclic amines) is 1. The van der Waals surface area contributed by atoms with Crippen molar-refractivity contribution in [1.29, 1.82) is 0 Å². The number of unbranched alkanes of at least 4 members (excludes halogenated alkanes) is 1. The van der Waals surface area contributed by atoms with Crippen LogP contribution in [0.5, 0.6) is 0 Å². The van der Waals surface area contributed by atoms with Gasteiger partial charge in [-0.1, -0.05) is 86.7 Å². The summed E-state index contributed by atoms with van der Waals surface area (Å²) in [4.78, 5) is 67.0. The first-order valence-corrected chi connectivity index (χ1v) is 18.6. The number of benzene rings is 2. The van der Waals surface area contributed by atoms with Crippen LogP contribution < -0.4 is 16.0 Å². The summed E-state index contributed by atoms with van der Waals surface area (Å²) in [5.41, 5.74) is 1.18. The molecule has 2 aromatic rings. The van der Waals surface area contributed by atoms with Crippen LogP contribution in [0.4, 0.5) is 9.59 Å². The zero-order valence-corrected chi connectivity index (χ0v) is 32.1. The van der Waals surface area contributed by atoms with Gasteiger partial charge in [-0.3, -0.25) is 9.59 Å². The van der Waals surface area contributed by atoms with Gasteiger partial charge in [0.2, 0.25) is 11.8 Å². The molecule has 2 aromatic carbocycles. The Hall–Kier alpha value is -4.87. The predicted molar refractivity (Wildman–Crippen MR) is 203 cm³/mol. The summed E-state index contributed by atoms with van der Waals surface area (Å²) in [6.07, 6.45) is 6.11. The average Bonchev–Trinajstić information content (AvgIpc) is 3.61. The normalized spacial score (nSPS) is 16.1. The van der Waals surface area contributed by atoms with Crippen LogP contribution in [-0.2, 0) is 41.6 Å². The number of nitrogens with one attached hydrogen (secondary N) is 3. The number of esters is 1. The van der Waals surface area contributed by atoms with E-state index in [1.807, 2.05) is 72.8 Å². The van der Waals surface area contributed by atoms with E-state index in [9.17, 15) is 24.0 Å². The highest BCUT2D eigenvalue weighted by atomic mass is 16.6. The number of carbonyl (C=O) groups is 5. The zero-order valence-electron chi connectivity index (χ0n) is 32.1. The van der Waals surface area contributed by atoms with Crippen molar-refractivity contribution in [2.45, 2.75) is 110 Å². The van der Waals surface area contributed by atoms with Crippen molar-refractivity contribution in [3.63, 3.8) is 0 Å². The van der Waals surface area contributed by atoms with E-state index in [2.05, 4.69) is 29.8 Å². The third-order valence-electron chi connectivity index (χ3n) is 8.66. The number of nitrogens with zero attached hydrogens (tertiary/aromatic N) is 1. The Morgan fingerprint density at radius 1 is 0.887 bits per heavy atom. The van der Waals surface area contributed by atoms with E-state index >= 15 is 0 Å². The van der Waals surface area contributed by atoms with Crippen molar-refractivity contribution in [3.05, 3.63) is 83.9 Å². The summed E-state index contributed by atoms with van der Waals surface area (Å²) in [6, 6.07) is 17.0. The van der Waals surface area contributed by atoms with E-state index in [0.717, 1.165) is 11.1 Å². The van der Waals surface area contributed by atoms with E-state index < -0.39 is 47.7 Å². The maximum absolute atomic E-state index is 14.3. The molecule has 12 heteroatoms. The van der Waals surface area contributed by atoms with Crippen LogP contribution in [0, 0.1) is 11.8 Å². The van der Waals surface area contributed by atoms with Crippen LogP contribution in [0.15, 0.2) is 72.8 Å². The van der Waals surface area contributed by atoms with E-state index in [1.54, 1.807) is 25.7 Å². The number of hydrogen-bond donors (Lipinski definition) is 3. The Labute approximate surface area is 314 Å². The lowest BCUT2D eigenvalue weighted by atomic mass is 9.95. The molecule has 4 amide bonds. The van der Waals surface area contributed by atoms with Gasteiger partial charge in [-0.2, -0.15) is 0 Å². The Kier molecular flexibility index (Phi) is 17.3. The van der Waals surface area contributed by atoms with E-state index in [4.69, 9.17) is 14.2 Å². The van der Waals surface area contributed by atoms with Crippen molar-refractivity contribution in [3.8, 4) is 0 Å². The van der Waals surface area contributed by atoms with Gasteiger partial charge >= 0.3 is 18.2 Å². The van der Waals surface area contributed by atoms with Crippen LogP contribution in [0.1, 0.15) is 84.3 Å². The predicted octanol–water partition coefficient (Wildman–Crippen LogP) is 6.09. The number of hydrogen-bond acceptors (Lipinski definition) is 8. The first-order chi connectivity index (χ1) is 25.3. The zero-order chi connectivity index (χ0) is 38.8. The van der Waals surface area contributed by atoms with E-state index in [1.165, 1.54) is 7.11 Å². The highest BCUT2D eigenvalue weighted by Gasteiger charge is 2.38. The lowest BCUT2D eigenvalue weighted by Crippen LogP contribution is -2.52. The second-order valence-electron chi connectivity index (χ2n) is 14.8. The number of amides is 4. The summed E-state index contributed by atoms with van der Waals surface area (Å²) in [5, 5.41) is 8.47. The van der Waals surface area contributed by atoms with Gasteiger partial charge in [0.25, 0.3) is 0 Å². The van der Waals surface area contributed by atoms with Crippen molar-refractivity contribution < 1.29 is 38.2 Å². The molecule has 3 N–H and O–H groups in total. The first-order valence-electron chi connectivity index (χ1n) is 18.6. The summed E-state index contributed by atoms with van der Waals surface area (Å²) >= 11 is 0. The minimum absolute atomic E-state index is 0.164. The van der Waals surface area contributed by atoms with Crippen molar-refractivity contribution in [2.24, 2.45) is 11.8 Å². The minimum atomic E-state index is -0.911. The van der Waals surface area contributed by atoms with Crippen LogP contribution in [-0.4, -0.2) is 78.8 Å². The number of methoxy groups -OCH3 is 1. The summed E-state index contributed by atoms with van der Waals surface area (Å²) < 4.78 is 15.7. The molecule has 0 spiro atoms. The fourth-order valence-electron chi connectivity index (χ4n) is 6.14.